The third-order valence-corrected chi connectivity index (χ3v) is 4.44. The van der Waals surface area contributed by atoms with Crippen molar-refractivity contribution in [3.05, 3.63) is 60.3 Å². The molecule has 2 heterocycles. The molecule has 3 rings (SSSR count). The van der Waals surface area contributed by atoms with E-state index in [2.05, 4.69) is 10.3 Å². The molecule has 2 bridgehead atoms. The second-order valence-corrected chi connectivity index (χ2v) is 6.32. The third kappa shape index (κ3) is 4.55. The summed E-state index contributed by atoms with van der Waals surface area (Å²) in [6.07, 6.45) is 6.46. The van der Waals surface area contributed by atoms with Gasteiger partial charge in [0.2, 0.25) is 0 Å². The molecule has 1 atom stereocenters. The summed E-state index contributed by atoms with van der Waals surface area (Å²) in [4.78, 5) is 34.9. The number of fused-ring (bicyclic) bond motifs is 4. The van der Waals surface area contributed by atoms with Gasteiger partial charge in [-0.3, -0.25) is 19.4 Å². The SMILES string of the molecule is CON(C)C(=O)C1C/C=C\CCOc2cccc(c2)-c2ncccc2C(=O)N1. The minimum absolute atomic E-state index is 0.337. The maximum Gasteiger partial charge on any atom is 0.268 e. The number of rotatable bonds is 2. The number of nitrogens with zero attached hydrogens (tertiary/aromatic N) is 2. The molecule has 1 aliphatic rings. The number of amides is 2. The summed E-state index contributed by atoms with van der Waals surface area (Å²) >= 11 is 0. The quantitative estimate of drug-likeness (QED) is 0.639. The van der Waals surface area contributed by atoms with Crippen molar-refractivity contribution in [3.63, 3.8) is 0 Å². The Labute approximate surface area is 163 Å². The monoisotopic (exact) mass is 381 g/mol. The Hall–Kier alpha value is -3.19. The molecule has 2 aromatic rings. The average Bonchev–Trinajstić information content (AvgIpc) is 2.73. The molecule has 1 aliphatic heterocycles. The summed E-state index contributed by atoms with van der Waals surface area (Å²) in [5.74, 6) is 0.00811. The molecule has 0 saturated heterocycles. The molecule has 0 fully saturated rings. The first kappa shape index (κ1) is 19.6. The van der Waals surface area contributed by atoms with Gasteiger partial charge in [-0.25, -0.2) is 5.06 Å². The van der Waals surface area contributed by atoms with Gasteiger partial charge in [-0.05, 0) is 37.1 Å². The fourth-order valence-corrected chi connectivity index (χ4v) is 2.91. The lowest BCUT2D eigenvalue weighted by atomic mass is 10.0. The van der Waals surface area contributed by atoms with Crippen molar-refractivity contribution in [2.24, 2.45) is 0 Å². The number of pyridine rings is 1. The second kappa shape index (κ2) is 9.14. The van der Waals surface area contributed by atoms with Crippen LogP contribution in [0.4, 0.5) is 0 Å². The molecule has 0 spiro atoms. The molecular formula is C21H23N3O4. The van der Waals surface area contributed by atoms with Gasteiger partial charge in [0.05, 0.1) is 25.0 Å². The Kier molecular flexibility index (Phi) is 6.39. The summed E-state index contributed by atoms with van der Waals surface area (Å²) in [6.45, 7) is 0.512. The maximum atomic E-state index is 13.0. The Bertz CT molecular complexity index is 881. The van der Waals surface area contributed by atoms with Crippen molar-refractivity contribution in [2.75, 3.05) is 20.8 Å². The predicted octanol–water partition coefficient (Wildman–Crippen LogP) is 2.60. The minimum Gasteiger partial charge on any atom is -0.493 e. The number of hydrogen-bond acceptors (Lipinski definition) is 5. The van der Waals surface area contributed by atoms with Crippen LogP contribution in [0.25, 0.3) is 11.3 Å². The summed E-state index contributed by atoms with van der Waals surface area (Å²) in [5, 5.41) is 3.93. The van der Waals surface area contributed by atoms with Crippen LogP contribution in [0, 0.1) is 0 Å². The van der Waals surface area contributed by atoms with Crippen LogP contribution in [0.1, 0.15) is 23.2 Å². The van der Waals surface area contributed by atoms with E-state index < -0.39 is 6.04 Å². The fraction of sp³-hybridized carbons (Fsp3) is 0.286. The summed E-state index contributed by atoms with van der Waals surface area (Å²) in [6, 6.07) is 10.1. The molecule has 28 heavy (non-hydrogen) atoms. The topological polar surface area (TPSA) is 80.8 Å². The molecule has 1 N–H and O–H groups in total. The van der Waals surface area contributed by atoms with Crippen LogP contribution in [0.2, 0.25) is 0 Å². The molecular weight excluding hydrogens is 358 g/mol. The number of carbonyl (C=O) groups is 2. The number of benzene rings is 1. The first-order chi connectivity index (χ1) is 13.6. The highest BCUT2D eigenvalue weighted by atomic mass is 16.7. The highest BCUT2D eigenvalue weighted by molar-refractivity contribution is 6.02. The van der Waals surface area contributed by atoms with E-state index in [-0.39, 0.29) is 11.8 Å². The standard InChI is InChI=1S/C21H23N3O4/c1-24(27-2)21(26)18-11-4-3-5-13-28-16-9-6-8-15(14-16)19-17(20(25)23-18)10-7-12-22-19/h3-4,6-10,12,14,18H,5,11,13H2,1-2H3,(H,23,25)/b4-3-. The molecule has 7 heteroatoms. The highest BCUT2D eigenvalue weighted by Gasteiger charge is 2.25. The number of aromatic nitrogens is 1. The average molecular weight is 381 g/mol. The van der Waals surface area contributed by atoms with E-state index in [0.29, 0.717) is 30.7 Å². The largest absolute Gasteiger partial charge is 0.493 e. The number of carbonyl (C=O) groups excluding carboxylic acids is 2. The summed E-state index contributed by atoms with van der Waals surface area (Å²) in [5.41, 5.74) is 1.69. The molecule has 0 radical (unpaired) electrons. The zero-order valence-electron chi connectivity index (χ0n) is 15.9. The van der Waals surface area contributed by atoms with E-state index in [4.69, 9.17) is 9.57 Å². The Balaban J connectivity index is 2.00. The van der Waals surface area contributed by atoms with Crippen LogP contribution >= 0.6 is 0 Å². The lowest BCUT2D eigenvalue weighted by Crippen LogP contribution is -2.47. The molecule has 0 saturated carbocycles. The van der Waals surface area contributed by atoms with Gasteiger partial charge in [0.1, 0.15) is 11.8 Å². The van der Waals surface area contributed by atoms with Gasteiger partial charge in [0.15, 0.2) is 0 Å². The molecule has 1 aromatic carbocycles. The first-order valence-corrected chi connectivity index (χ1v) is 9.06. The van der Waals surface area contributed by atoms with Crippen LogP contribution in [-0.2, 0) is 9.63 Å². The lowest BCUT2D eigenvalue weighted by molar-refractivity contribution is -0.170. The number of likely N-dealkylation sites (N-methyl/N-ethyl adjacent to an activating group) is 1. The molecule has 146 valence electrons. The van der Waals surface area contributed by atoms with Gasteiger partial charge in [-0.1, -0.05) is 24.3 Å². The molecule has 0 aliphatic carbocycles. The van der Waals surface area contributed by atoms with Gasteiger partial charge >= 0.3 is 0 Å². The first-order valence-electron chi connectivity index (χ1n) is 9.06. The van der Waals surface area contributed by atoms with Crippen molar-refractivity contribution < 1.29 is 19.2 Å². The third-order valence-electron chi connectivity index (χ3n) is 4.44. The van der Waals surface area contributed by atoms with Crippen molar-refractivity contribution in [1.29, 1.82) is 0 Å². The van der Waals surface area contributed by atoms with Gasteiger partial charge in [0.25, 0.3) is 11.8 Å². The Morgan fingerprint density at radius 3 is 2.96 bits per heavy atom. The summed E-state index contributed by atoms with van der Waals surface area (Å²) in [7, 11) is 2.92. The van der Waals surface area contributed by atoms with Gasteiger partial charge in [-0.15, -0.1) is 0 Å². The van der Waals surface area contributed by atoms with Gasteiger partial charge < -0.3 is 10.1 Å². The van der Waals surface area contributed by atoms with Crippen LogP contribution in [0.5, 0.6) is 5.75 Å². The number of ether oxygens (including phenoxy) is 1. The zero-order chi connectivity index (χ0) is 19.9. The van der Waals surface area contributed by atoms with Crippen molar-refractivity contribution in [3.8, 4) is 17.0 Å². The molecule has 2 amide bonds. The fourth-order valence-electron chi connectivity index (χ4n) is 2.91. The number of nitrogens with one attached hydrogen (secondary N) is 1. The highest BCUT2D eigenvalue weighted by Crippen LogP contribution is 2.25. The van der Waals surface area contributed by atoms with Crippen LogP contribution in [0.3, 0.4) is 0 Å². The van der Waals surface area contributed by atoms with E-state index in [1.54, 1.807) is 18.3 Å². The van der Waals surface area contributed by atoms with Crippen LogP contribution < -0.4 is 10.1 Å². The Morgan fingerprint density at radius 1 is 1.29 bits per heavy atom. The molecule has 1 aromatic heterocycles. The molecule has 1 unspecified atom stereocenters. The van der Waals surface area contributed by atoms with E-state index in [9.17, 15) is 9.59 Å². The van der Waals surface area contributed by atoms with E-state index in [1.807, 2.05) is 36.4 Å². The van der Waals surface area contributed by atoms with Crippen molar-refractivity contribution >= 4 is 11.8 Å². The van der Waals surface area contributed by atoms with E-state index in [0.717, 1.165) is 16.4 Å². The van der Waals surface area contributed by atoms with E-state index in [1.165, 1.54) is 14.2 Å². The van der Waals surface area contributed by atoms with E-state index >= 15 is 0 Å². The predicted molar refractivity (Wildman–Crippen MR) is 105 cm³/mol. The lowest BCUT2D eigenvalue weighted by Gasteiger charge is -2.22. The smallest absolute Gasteiger partial charge is 0.268 e. The van der Waals surface area contributed by atoms with Gasteiger partial charge in [0, 0.05) is 18.8 Å². The van der Waals surface area contributed by atoms with Gasteiger partial charge in [-0.2, -0.15) is 0 Å². The number of hydrogen-bond donors (Lipinski definition) is 1. The van der Waals surface area contributed by atoms with Crippen molar-refractivity contribution in [1.82, 2.24) is 15.4 Å². The summed E-state index contributed by atoms with van der Waals surface area (Å²) < 4.78 is 5.79. The maximum absolute atomic E-state index is 13.0. The zero-order valence-corrected chi connectivity index (χ0v) is 15.9. The van der Waals surface area contributed by atoms with Crippen LogP contribution in [0.15, 0.2) is 54.7 Å². The second-order valence-electron chi connectivity index (χ2n) is 6.32. The van der Waals surface area contributed by atoms with Crippen LogP contribution in [-0.4, -0.2) is 48.7 Å². The number of hydroxylamine groups is 2. The minimum atomic E-state index is -0.753. The Morgan fingerprint density at radius 2 is 2.14 bits per heavy atom. The molecule has 7 nitrogen and oxygen atoms in total. The van der Waals surface area contributed by atoms with Crippen molar-refractivity contribution in [2.45, 2.75) is 18.9 Å². The normalized spacial score (nSPS) is 18.1.